The molecule has 0 spiro atoms. The smallest absolute Gasteiger partial charge is 0.247 e. The summed E-state index contributed by atoms with van der Waals surface area (Å²) < 4.78 is 5.28. The van der Waals surface area contributed by atoms with E-state index in [2.05, 4.69) is 48.4 Å². The first-order valence-corrected chi connectivity index (χ1v) is 10.3. The summed E-state index contributed by atoms with van der Waals surface area (Å²) in [6, 6.07) is 7.72. The van der Waals surface area contributed by atoms with Crippen molar-refractivity contribution in [2.24, 2.45) is 17.8 Å². The largest absolute Gasteiger partial charge is 0.497 e. The number of methoxy groups -OCH3 is 1. The molecule has 1 heterocycles. The number of nitrogens with one attached hydrogen (secondary N) is 1. The zero-order valence-electron chi connectivity index (χ0n) is 17.4. The third kappa shape index (κ3) is 3.24. The quantitative estimate of drug-likeness (QED) is 0.864. The number of fused-ring (bicyclic) bond motifs is 2. The molecule has 150 valence electrons. The van der Waals surface area contributed by atoms with Crippen LogP contribution in [-0.2, 0) is 0 Å². The van der Waals surface area contributed by atoms with Gasteiger partial charge in [-0.3, -0.25) is 0 Å². The lowest BCUT2D eigenvalue weighted by Crippen LogP contribution is -2.39. The van der Waals surface area contributed by atoms with Crippen LogP contribution in [0.5, 0.6) is 5.75 Å². The Hall–Kier alpha value is -2.95. The maximum absolute atomic E-state index is 5.28. The van der Waals surface area contributed by atoms with E-state index >= 15 is 0 Å². The topological polar surface area (TPSA) is 59.9 Å². The summed E-state index contributed by atoms with van der Waals surface area (Å²) in [6.45, 7) is 6.75. The van der Waals surface area contributed by atoms with Crippen LogP contribution in [0.15, 0.2) is 47.1 Å². The van der Waals surface area contributed by atoms with Gasteiger partial charge in [0.1, 0.15) is 11.1 Å². The van der Waals surface area contributed by atoms with E-state index in [4.69, 9.17) is 9.72 Å². The average Bonchev–Trinajstić information content (AvgIpc) is 3.48. The van der Waals surface area contributed by atoms with E-state index in [1.165, 1.54) is 23.1 Å². The molecule has 1 aromatic carbocycles. The number of hydrogen-bond donors (Lipinski definition) is 1. The summed E-state index contributed by atoms with van der Waals surface area (Å²) in [5, 5.41) is 13.9. The van der Waals surface area contributed by atoms with E-state index in [0.29, 0.717) is 11.9 Å². The van der Waals surface area contributed by atoms with Crippen LogP contribution in [0.3, 0.4) is 0 Å². The van der Waals surface area contributed by atoms with Crippen LogP contribution in [-0.4, -0.2) is 22.3 Å². The molecule has 3 unspecified atom stereocenters. The van der Waals surface area contributed by atoms with Crippen molar-refractivity contribution in [1.29, 1.82) is 0 Å². The van der Waals surface area contributed by atoms with Gasteiger partial charge in [0, 0.05) is 19.1 Å². The van der Waals surface area contributed by atoms with Gasteiger partial charge in [0.05, 0.1) is 12.5 Å². The number of nitrogens with zero attached hydrogens (tertiary/aromatic N) is 3. The molecule has 0 radical (unpaired) electrons. The van der Waals surface area contributed by atoms with Crippen LogP contribution >= 0.6 is 0 Å². The third-order valence-electron chi connectivity index (χ3n) is 6.41. The Balaban J connectivity index is 0.00000218. The highest BCUT2D eigenvalue weighted by Gasteiger charge is 2.41. The number of hydrogen-bond acceptors (Lipinski definition) is 5. The minimum absolute atomic E-state index is 0. The molecule has 0 saturated heterocycles. The molecular weight excluding hydrogens is 360 g/mol. The lowest BCUT2D eigenvalue weighted by molar-refractivity contribution is 0.415. The van der Waals surface area contributed by atoms with Crippen molar-refractivity contribution in [2.75, 3.05) is 12.4 Å². The van der Waals surface area contributed by atoms with E-state index < -0.39 is 0 Å². The normalized spacial score (nSPS) is 24.9. The highest BCUT2D eigenvalue weighted by atomic mass is 16.5. The van der Waals surface area contributed by atoms with Crippen LogP contribution in [0.1, 0.15) is 35.0 Å². The van der Waals surface area contributed by atoms with Crippen LogP contribution in [0, 0.1) is 17.8 Å². The fourth-order valence-electron chi connectivity index (χ4n) is 4.91. The zero-order valence-corrected chi connectivity index (χ0v) is 17.4. The van der Waals surface area contributed by atoms with Gasteiger partial charge in [-0.1, -0.05) is 23.3 Å². The molecule has 3 atom stereocenters. The predicted molar refractivity (Wildman–Crippen MR) is 117 cm³/mol. The SMILES string of the molecule is COc1cccc(Nc2nnc3c(n2)=C(C)CC(C2=C(C)C4CC4C=C2C)C=3)c1.[HH]. The second-order valence-electron chi connectivity index (χ2n) is 8.44. The summed E-state index contributed by atoms with van der Waals surface area (Å²) in [4.78, 5) is 4.76. The van der Waals surface area contributed by atoms with Crippen molar-refractivity contribution in [3.63, 3.8) is 0 Å². The van der Waals surface area contributed by atoms with Crippen LogP contribution in [0.2, 0.25) is 0 Å². The first-order chi connectivity index (χ1) is 14.0. The summed E-state index contributed by atoms with van der Waals surface area (Å²) in [5.41, 5.74) is 6.67. The van der Waals surface area contributed by atoms with E-state index in [1.807, 2.05) is 24.3 Å². The Labute approximate surface area is 172 Å². The van der Waals surface area contributed by atoms with Gasteiger partial charge in [-0.05, 0) is 74.8 Å². The maximum Gasteiger partial charge on any atom is 0.247 e. The summed E-state index contributed by atoms with van der Waals surface area (Å²) in [5.74, 6) is 3.22. The molecule has 1 saturated carbocycles. The van der Waals surface area contributed by atoms with Crippen molar-refractivity contribution >= 4 is 23.3 Å². The molecule has 5 heteroatoms. The van der Waals surface area contributed by atoms with E-state index in [-0.39, 0.29) is 1.43 Å². The van der Waals surface area contributed by atoms with E-state index in [0.717, 1.165) is 40.4 Å². The molecule has 3 aliphatic carbocycles. The first-order valence-electron chi connectivity index (χ1n) is 10.3. The predicted octanol–water partition coefficient (Wildman–Crippen LogP) is 3.75. The standard InChI is InChI=1S/C24H26N4O.H2/c1-13-8-16-10-20(16)15(3)22(13)17-9-14(2)23-21(11-17)27-28-24(26-23)25-18-6-5-7-19(12-18)29-4;/h5-8,11-12,16-17,20H,9-10H2,1-4H3,(H,25,26);1H. The fourth-order valence-corrected chi connectivity index (χ4v) is 4.91. The zero-order chi connectivity index (χ0) is 20.1. The van der Waals surface area contributed by atoms with Crippen molar-refractivity contribution < 1.29 is 6.16 Å². The Morgan fingerprint density at radius 2 is 2.00 bits per heavy atom. The van der Waals surface area contributed by atoms with Crippen molar-refractivity contribution in [3.8, 4) is 5.75 Å². The number of benzene rings is 1. The second-order valence-corrected chi connectivity index (χ2v) is 8.44. The van der Waals surface area contributed by atoms with Crippen molar-refractivity contribution in [2.45, 2.75) is 33.6 Å². The lowest BCUT2D eigenvalue weighted by Gasteiger charge is -2.26. The third-order valence-corrected chi connectivity index (χ3v) is 6.41. The van der Waals surface area contributed by atoms with Gasteiger partial charge in [-0.2, -0.15) is 0 Å². The molecule has 1 aromatic heterocycles. The summed E-state index contributed by atoms with van der Waals surface area (Å²) in [7, 11) is 1.66. The fraction of sp³-hybridized carbons (Fsp3) is 0.375. The van der Waals surface area contributed by atoms with Gasteiger partial charge < -0.3 is 10.1 Å². The summed E-state index contributed by atoms with van der Waals surface area (Å²) in [6.07, 6.45) is 7.03. The van der Waals surface area contributed by atoms with Gasteiger partial charge in [0.15, 0.2) is 0 Å². The van der Waals surface area contributed by atoms with E-state index in [9.17, 15) is 0 Å². The number of aromatic nitrogens is 3. The number of ether oxygens (including phenoxy) is 1. The van der Waals surface area contributed by atoms with Gasteiger partial charge in [0.2, 0.25) is 5.95 Å². The molecule has 5 nitrogen and oxygen atoms in total. The van der Waals surface area contributed by atoms with Crippen molar-refractivity contribution in [1.82, 2.24) is 15.2 Å². The van der Waals surface area contributed by atoms with E-state index in [1.54, 1.807) is 12.7 Å². The average molecular weight is 389 g/mol. The second kappa shape index (κ2) is 6.83. The molecule has 29 heavy (non-hydrogen) atoms. The van der Waals surface area contributed by atoms with Crippen molar-refractivity contribution in [3.05, 3.63) is 57.8 Å². The Morgan fingerprint density at radius 3 is 2.83 bits per heavy atom. The molecule has 2 aromatic rings. The maximum atomic E-state index is 5.28. The Kier molecular flexibility index (Phi) is 4.26. The highest BCUT2D eigenvalue weighted by Crippen LogP contribution is 2.52. The first kappa shape index (κ1) is 18.1. The molecule has 0 aliphatic heterocycles. The lowest BCUT2D eigenvalue weighted by atomic mass is 9.79. The minimum Gasteiger partial charge on any atom is -0.497 e. The molecule has 3 aliphatic rings. The molecule has 0 amide bonds. The monoisotopic (exact) mass is 388 g/mol. The molecule has 1 N–H and O–H groups in total. The highest BCUT2D eigenvalue weighted by molar-refractivity contribution is 5.59. The molecule has 1 fully saturated rings. The molecule has 0 bridgehead atoms. The van der Waals surface area contributed by atoms with Crippen LogP contribution in [0.4, 0.5) is 11.6 Å². The Bertz CT molecular complexity index is 1180. The van der Waals surface area contributed by atoms with Gasteiger partial charge in [0.25, 0.3) is 0 Å². The van der Waals surface area contributed by atoms with Crippen LogP contribution < -0.4 is 20.8 Å². The molecular formula is C24H28N4O. The Morgan fingerprint density at radius 1 is 1.14 bits per heavy atom. The summed E-state index contributed by atoms with van der Waals surface area (Å²) >= 11 is 0. The number of anilines is 2. The minimum atomic E-state index is 0. The molecule has 5 rings (SSSR count). The number of allylic oxidation sites excluding steroid dienone is 4. The van der Waals surface area contributed by atoms with Gasteiger partial charge >= 0.3 is 0 Å². The number of rotatable bonds is 4. The van der Waals surface area contributed by atoms with Crippen LogP contribution in [0.25, 0.3) is 11.6 Å². The van der Waals surface area contributed by atoms with Gasteiger partial charge in [-0.15, -0.1) is 10.2 Å². The van der Waals surface area contributed by atoms with Gasteiger partial charge in [-0.25, -0.2) is 4.98 Å².